The molecular weight excluding hydrogens is 499 g/mol. The number of nitrogens with two attached hydrogens (primary N) is 1. The Bertz CT molecular complexity index is 1340. The summed E-state index contributed by atoms with van der Waals surface area (Å²) in [7, 11) is -7.53. The van der Waals surface area contributed by atoms with E-state index < -0.39 is 25.7 Å². The molecular formula is C22H27FN4O6S2. The van der Waals surface area contributed by atoms with Crippen LogP contribution in [0.15, 0.2) is 46.2 Å². The van der Waals surface area contributed by atoms with Gasteiger partial charge in [-0.1, -0.05) is 0 Å². The molecule has 0 unspecified atom stereocenters. The summed E-state index contributed by atoms with van der Waals surface area (Å²) >= 11 is 0. The molecule has 0 aliphatic carbocycles. The molecule has 1 amide bonds. The lowest BCUT2D eigenvalue weighted by atomic mass is 10.1. The van der Waals surface area contributed by atoms with Crippen LogP contribution >= 0.6 is 0 Å². The van der Waals surface area contributed by atoms with E-state index in [0.29, 0.717) is 45.1 Å². The number of carbonyl (C=O) groups excluding carboxylic acids is 1. The maximum absolute atomic E-state index is 14.6. The quantitative estimate of drug-likeness (QED) is 0.602. The highest BCUT2D eigenvalue weighted by Crippen LogP contribution is 2.28. The largest absolute Gasteiger partial charge is 0.378 e. The van der Waals surface area contributed by atoms with Crippen molar-refractivity contribution in [3.63, 3.8) is 0 Å². The highest BCUT2D eigenvalue weighted by molar-refractivity contribution is 7.90. The molecule has 2 heterocycles. The van der Waals surface area contributed by atoms with E-state index in [4.69, 9.17) is 9.88 Å². The van der Waals surface area contributed by atoms with Gasteiger partial charge in [0.1, 0.15) is 5.82 Å². The Balaban J connectivity index is 1.55. The number of primary sulfonamides is 1. The van der Waals surface area contributed by atoms with Gasteiger partial charge in [-0.2, -0.15) is 0 Å². The van der Waals surface area contributed by atoms with E-state index in [2.05, 4.69) is 0 Å². The minimum absolute atomic E-state index is 0.0991. The zero-order chi connectivity index (χ0) is 25.4. The summed E-state index contributed by atoms with van der Waals surface area (Å²) < 4.78 is 67.2. The molecule has 35 heavy (non-hydrogen) atoms. The Labute approximate surface area is 204 Å². The molecule has 13 heteroatoms. The van der Waals surface area contributed by atoms with Gasteiger partial charge < -0.3 is 19.4 Å². The Morgan fingerprint density at radius 1 is 0.857 bits per heavy atom. The number of carbonyl (C=O) groups is 1. The zero-order valence-corrected chi connectivity index (χ0v) is 20.8. The van der Waals surface area contributed by atoms with E-state index in [-0.39, 0.29) is 40.0 Å². The van der Waals surface area contributed by atoms with Crippen LogP contribution in [-0.2, 0) is 24.6 Å². The van der Waals surface area contributed by atoms with Gasteiger partial charge in [-0.25, -0.2) is 26.4 Å². The lowest BCUT2D eigenvalue weighted by Gasteiger charge is -2.37. The molecule has 190 valence electrons. The second-order valence-electron chi connectivity index (χ2n) is 8.49. The van der Waals surface area contributed by atoms with Crippen molar-refractivity contribution < 1.29 is 30.8 Å². The van der Waals surface area contributed by atoms with E-state index in [9.17, 15) is 26.0 Å². The molecule has 2 aromatic rings. The van der Waals surface area contributed by atoms with E-state index in [1.807, 2.05) is 4.90 Å². The molecule has 0 aromatic heterocycles. The molecule has 2 saturated heterocycles. The molecule has 0 bridgehead atoms. The predicted octanol–water partition coefficient (Wildman–Crippen LogP) is 0.676. The maximum atomic E-state index is 14.6. The number of morpholine rings is 1. The average molecular weight is 527 g/mol. The van der Waals surface area contributed by atoms with Gasteiger partial charge in [-0.3, -0.25) is 4.79 Å². The van der Waals surface area contributed by atoms with Gasteiger partial charge in [0.05, 0.1) is 34.3 Å². The summed E-state index contributed by atoms with van der Waals surface area (Å²) in [4.78, 5) is 18.5. The standard InChI is InChI=1S/C22H27FN4O6S2/c1-34(29,30)16-2-5-21(19(23)15-16)25-6-8-27(9-7-25)22(28)18-14-17(35(24,31)32)3-4-20(18)26-10-12-33-13-11-26/h2-5,14-15H,6-13H2,1H3,(H2,24,31,32). The van der Waals surface area contributed by atoms with Gasteiger partial charge in [0.25, 0.3) is 5.91 Å². The minimum Gasteiger partial charge on any atom is -0.378 e. The number of anilines is 2. The Morgan fingerprint density at radius 2 is 1.43 bits per heavy atom. The number of benzene rings is 2. The predicted molar refractivity (Wildman–Crippen MR) is 128 cm³/mol. The fourth-order valence-corrected chi connectivity index (χ4v) is 5.41. The number of ether oxygens (including phenoxy) is 1. The summed E-state index contributed by atoms with van der Waals surface area (Å²) in [5.74, 6) is -0.993. The molecule has 2 fully saturated rings. The molecule has 0 saturated carbocycles. The highest BCUT2D eigenvalue weighted by atomic mass is 32.2. The number of sulfone groups is 1. The minimum atomic E-state index is -4.01. The van der Waals surface area contributed by atoms with E-state index in [1.54, 1.807) is 15.9 Å². The van der Waals surface area contributed by atoms with Crippen LogP contribution in [0.2, 0.25) is 0 Å². The van der Waals surface area contributed by atoms with Crippen LogP contribution < -0.4 is 14.9 Å². The number of rotatable bonds is 5. The summed E-state index contributed by atoms with van der Waals surface area (Å²) in [6.07, 6.45) is 1.02. The molecule has 0 spiro atoms. The first-order valence-electron chi connectivity index (χ1n) is 11.0. The van der Waals surface area contributed by atoms with Crippen molar-refractivity contribution in [2.75, 3.05) is 68.5 Å². The second kappa shape index (κ2) is 9.72. The molecule has 2 N–H and O–H groups in total. The summed E-state index contributed by atoms with van der Waals surface area (Å²) in [6.45, 7) is 3.30. The molecule has 10 nitrogen and oxygen atoms in total. The maximum Gasteiger partial charge on any atom is 0.256 e. The number of hydrogen-bond donors (Lipinski definition) is 1. The summed E-state index contributed by atoms with van der Waals surface area (Å²) in [5.41, 5.74) is 1.10. The van der Waals surface area contributed by atoms with Gasteiger partial charge in [-0.05, 0) is 36.4 Å². The Hall–Kier alpha value is -2.74. The normalized spacial score (nSPS) is 17.5. The SMILES string of the molecule is CS(=O)(=O)c1ccc(N2CCN(C(=O)c3cc(S(N)(=O)=O)ccc3N3CCOCC3)CC2)c(F)c1. The average Bonchev–Trinajstić information content (AvgIpc) is 2.83. The zero-order valence-electron chi connectivity index (χ0n) is 19.2. The Morgan fingerprint density at radius 3 is 2.00 bits per heavy atom. The highest BCUT2D eigenvalue weighted by Gasteiger charge is 2.28. The van der Waals surface area contributed by atoms with Crippen molar-refractivity contribution >= 4 is 37.1 Å². The van der Waals surface area contributed by atoms with Gasteiger partial charge >= 0.3 is 0 Å². The molecule has 0 atom stereocenters. The number of halogens is 1. The van der Waals surface area contributed by atoms with E-state index >= 15 is 0 Å². The topological polar surface area (TPSA) is 130 Å². The molecule has 2 aromatic carbocycles. The van der Waals surface area contributed by atoms with Crippen molar-refractivity contribution in [2.45, 2.75) is 9.79 Å². The van der Waals surface area contributed by atoms with Crippen LogP contribution in [0.3, 0.4) is 0 Å². The third-order valence-electron chi connectivity index (χ3n) is 6.13. The first-order valence-corrected chi connectivity index (χ1v) is 14.4. The van der Waals surface area contributed by atoms with Gasteiger partial charge in [0.15, 0.2) is 9.84 Å². The van der Waals surface area contributed by atoms with Crippen LogP contribution in [-0.4, -0.2) is 86.4 Å². The fourth-order valence-electron chi connectivity index (χ4n) is 4.24. The van der Waals surface area contributed by atoms with Crippen LogP contribution in [0.4, 0.5) is 15.8 Å². The lowest BCUT2D eigenvalue weighted by molar-refractivity contribution is 0.0745. The van der Waals surface area contributed by atoms with Crippen LogP contribution in [0.25, 0.3) is 0 Å². The molecule has 2 aliphatic rings. The smallest absolute Gasteiger partial charge is 0.256 e. The van der Waals surface area contributed by atoms with Gasteiger partial charge in [0, 0.05) is 51.2 Å². The van der Waals surface area contributed by atoms with Gasteiger partial charge in [-0.15, -0.1) is 0 Å². The van der Waals surface area contributed by atoms with E-state index in [1.165, 1.54) is 24.3 Å². The Kier molecular flexibility index (Phi) is 7.04. The first-order chi connectivity index (χ1) is 16.4. The summed E-state index contributed by atoms with van der Waals surface area (Å²) in [5, 5.41) is 5.30. The van der Waals surface area contributed by atoms with Crippen LogP contribution in [0, 0.1) is 5.82 Å². The molecule has 4 rings (SSSR count). The van der Waals surface area contributed by atoms with E-state index in [0.717, 1.165) is 12.3 Å². The van der Waals surface area contributed by atoms with Crippen molar-refractivity contribution in [1.29, 1.82) is 0 Å². The van der Waals surface area contributed by atoms with Crippen LogP contribution in [0.5, 0.6) is 0 Å². The number of hydrogen-bond acceptors (Lipinski definition) is 8. The van der Waals surface area contributed by atoms with Gasteiger partial charge in [0.2, 0.25) is 10.0 Å². The third kappa shape index (κ3) is 5.58. The number of sulfonamides is 1. The first kappa shape index (κ1) is 25.4. The molecule has 2 aliphatic heterocycles. The summed E-state index contributed by atoms with van der Waals surface area (Å²) in [6, 6.07) is 8.06. The van der Waals surface area contributed by atoms with Crippen molar-refractivity contribution in [3.8, 4) is 0 Å². The van der Waals surface area contributed by atoms with Crippen molar-refractivity contribution in [2.24, 2.45) is 5.14 Å². The van der Waals surface area contributed by atoms with Crippen molar-refractivity contribution in [1.82, 2.24) is 4.90 Å². The number of nitrogens with zero attached hydrogens (tertiary/aromatic N) is 3. The lowest BCUT2D eigenvalue weighted by Crippen LogP contribution is -2.49. The monoisotopic (exact) mass is 526 g/mol. The number of amides is 1. The molecule has 0 radical (unpaired) electrons. The fraction of sp³-hybridized carbons (Fsp3) is 0.409. The van der Waals surface area contributed by atoms with Crippen molar-refractivity contribution in [3.05, 3.63) is 47.8 Å². The van der Waals surface area contributed by atoms with Crippen LogP contribution in [0.1, 0.15) is 10.4 Å². The second-order valence-corrected chi connectivity index (χ2v) is 12.1. The number of piperazine rings is 1. The third-order valence-corrected chi connectivity index (χ3v) is 8.15.